The van der Waals surface area contributed by atoms with E-state index in [1.165, 1.54) is 31.2 Å². The number of benzene rings is 3. The number of fused-ring (bicyclic) bond motifs is 4. The molecular weight excluding hydrogens is 584 g/mol. The maximum Gasteiger partial charge on any atom is 0.335 e. The number of nitrogens with zero attached hydrogens (tertiary/aromatic N) is 2. The van der Waals surface area contributed by atoms with Crippen molar-refractivity contribution in [2.24, 2.45) is 0 Å². The van der Waals surface area contributed by atoms with Crippen molar-refractivity contribution in [3.05, 3.63) is 106 Å². The molecule has 1 aliphatic carbocycles. The molecule has 3 aromatic carbocycles. The Labute approximate surface area is 278 Å². The third-order valence-corrected chi connectivity index (χ3v) is 10.5. The Hall–Kier alpha value is -4.45. The first-order valence-corrected chi connectivity index (χ1v) is 17.2. The molecule has 1 N–H and O–H groups in total. The topological polar surface area (TPSA) is 83.7 Å². The number of aromatic carboxylic acids is 1. The van der Waals surface area contributed by atoms with Gasteiger partial charge in [0.25, 0.3) is 0 Å². The summed E-state index contributed by atoms with van der Waals surface area (Å²) >= 11 is 0. The summed E-state index contributed by atoms with van der Waals surface area (Å²) in [6.07, 6.45) is 10.5. The minimum atomic E-state index is -0.972. The Kier molecular flexibility index (Phi) is 8.50. The number of rotatable bonds is 11. The first-order chi connectivity index (χ1) is 22.4. The van der Waals surface area contributed by atoms with E-state index in [9.17, 15) is 19.8 Å². The van der Waals surface area contributed by atoms with Crippen LogP contribution in [-0.2, 0) is 15.6 Å². The van der Waals surface area contributed by atoms with Crippen LogP contribution in [0.1, 0.15) is 102 Å². The highest BCUT2D eigenvalue weighted by Crippen LogP contribution is 2.50. The normalized spacial score (nSPS) is 19.6. The fraction of sp³-hybridized carbons (Fsp3) is 0.390. The SMILES string of the molecule is CCCCCCCCN1/C(=C/C2=C([O-])C(=C\C3=[N+](CC)c4c(ccc5ccccc45)C3(C)C)/C2=O)C(C)(C)c2cc(C(=O)O)ccc21. The van der Waals surface area contributed by atoms with E-state index in [0.29, 0.717) is 6.54 Å². The van der Waals surface area contributed by atoms with E-state index in [2.05, 4.69) is 67.5 Å². The highest BCUT2D eigenvalue weighted by atomic mass is 16.4. The fourth-order valence-corrected chi connectivity index (χ4v) is 7.76. The van der Waals surface area contributed by atoms with Crippen molar-refractivity contribution in [1.29, 1.82) is 0 Å². The van der Waals surface area contributed by atoms with Gasteiger partial charge >= 0.3 is 5.97 Å². The number of anilines is 1. The van der Waals surface area contributed by atoms with Gasteiger partial charge in [-0.05, 0) is 68.5 Å². The van der Waals surface area contributed by atoms with Crippen LogP contribution in [0.4, 0.5) is 11.4 Å². The molecule has 6 nitrogen and oxygen atoms in total. The zero-order chi connectivity index (χ0) is 33.7. The highest BCUT2D eigenvalue weighted by molar-refractivity contribution is 6.24. The molecule has 0 unspecified atom stereocenters. The molecule has 3 aliphatic rings. The Balaban J connectivity index is 1.39. The van der Waals surface area contributed by atoms with Crippen LogP contribution >= 0.6 is 0 Å². The van der Waals surface area contributed by atoms with Gasteiger partial charge in [0, 0.05) is 46.1 Å². The molecule has 0 saturated carbocycles. The lowest BCUT2D eigenvalue weighted by atomic mass is 9.77. The van der Waals surface area contributed by atoms with Gasteiger partial charge in [-0.15, -0.1) is 0 Å². The van der Waals surface area contributed by atoms with Gasteiger partial charge in [-0.25, -0.2) is 4.79 Å². The molecule has 47 heavy (non-hydrogen) atoms. The number of Topliss-reactive ketones (excluding diaryl/α,β-unsaturated/α-hetero) is 1. The highest BCUT2D eigenvalue weighted by Gasteiger charge is 2.46. The number of unbranched alkanes of at least 4 members (excludes halogenated alkanes) is 5. The van der Waals surface area contributed by atoms with Crippen LogP contribution in [0.5, 0.6) is 0 Å². The molecule has 0 spiro atoms. The van der Waals surface area contributed by atoms with Crippen LogP contribution in [0.3, 0.4) is 0 Å². The summed E-state index contributed by atoms with van der Waals surface area (Å²) in [5.74, 6) is -1.44. The molecule has 0 fully saturated rings. The molecule has 2 heterocycles. The minimum Gasteiger partial charge on any atom is -0.871 e. The van der Waals surface area contributed by atoms with Crippen LogP contribution in [0.25, 0.3) is 10.8 Å². The number of hydrogen-bond donors (Lipinski definition) is 1. The molecule has 0 amide bonds. The molecule has 0 bridgehead atoms. The predicted molar refractivity (Wildman–Crippen MR) is 188 cm³/mol. The molecule has 6 rings (SSSR count). The third kappa shape index (κ3) is 5.32. The average molecular weight is 631 g/mol. The first-order valence-electron chi connectivity index (χ1n) is 17.2. The summed E-state index contributed by atoms with van der Waals surface area (Å²) in [5, 5.41) is 25.9. The smallest absolute Gasteiger partial charge is 0.335 e. The zero-order valence-electron chi connectivity index (χ0n) is 28.6. The minimum absolute atomic E-state index is 0.195. The lowest BCUT2D eigenvalue weighted by Gasteiger charge is -2.33. The molecular formula is C41H46N2O4. The molecule has 6 heteroatoms. The van der Waals surface area contributed by atoms with Crippen molar-refractivity contribution in [3.63, 3.8) is 0 Å². The van der Waals surface area contributed by atoms with Gasteiger partial charge < -0.3 is 15.1 Å². The first kappa shape index (κ1) is 32.5. The second-order valence-electron chi connectivity index (χ2n) is 14.2. The standard InChI is InChI=1S/C41H46N2O4/c1-7-9-10-11-12-15-22-43-33-21-19-27(39(46)47)23-32(33)41(5,6)35(43)25-30-37(44)29(38(30)45)24-34-40(3,4)31-20-18-26-16-13-14-17-28(26)36(31)42(34)8-2/h13-14,16-21,23-25H,7-12,15,22H2,1-6H3,(H-,44,45,46,47). The summed E-state index contributed by atoms with van der Waals surface area (Å²) in [4.78, 5) is 27.9. The molecule has 244 valence electrons. The Morgan fingerprint density at radius 1 is 0.894 bits per heavy atom. The van der Waals surface area contributed by atoms with Gasteiger partial charge in [-0.3, -0.25) is 4.79 Å². The number of carbonyl (C=O) groups is 2. The molecule has 0 atom stereocenters. The van der Waals surface area contributed by atoms with Crippen LogP contribution < -0.4 is 10.0 Å². The number of ketones is 1. The van der Waals surface area contributed by atoms with Gasteiger partial charge in [0.1, 0.15) is 6.54 Å². The van der Waals surface area contributed by atoms with E-state index in [-0.39, 0.29) is 33.7 Å². The molecule has 0 saturated heterocycles. The number of allylic oxidation sites excluding steroid dienone is 5. The average Bonchev–Trinajstić information content (AvgIpc) is 3.41. The van der Waals surface area contributed by atoms with Crippen molar-refractivity contribution in [2.45, 2.75) is 90.9 Å². The van der Waals surface area contributed by atoms with Crippen molar-refractivity contribution in [1.82, 2.24) is 0 Å². The third-order valence-electron chi connectivity index (χ3n) is 10.5. The van der Waals surface area contributed by atoms with E-state index in [1.807, 2.05) is 32.1 Å². The number of carboxylic acid groups (broad SMARTS) is 1. The lowest BCUT2D eigenvalue weighted by molar-refractivity contribution is -0.431. The van der Waals surface area contributed by atoms with E-state index >= 15 is 0 Å². The second kappa shape index (κ2) is 12.3. The summed E-state index contributed by atoms with van der Waals surface area (Å²) in [6, 6.07) is 17.9. The van der Waals surface area contributed by atoms with Gasteiger partial charge in [-0.2, -0.15) is 4.58 Å². The molecule has 3 aromatic rings. The van der Waals surface area contributed by atoms with Crippen LogP contribution in [-0.4, -0.2) is 40.2 Å². The number of carbonyl (C=O) groups excluding carboxylic acids is 1. The maximum absolute atomic E-state index is 13.8. The molecule has 0 radical (unpaired) electrons. The van der Waals surface area contributed by atoms with Crippen LogP contribution in [0.15, 0.2) is 89.4 Å². The van der Waals surface area contributed by atoms with Gasteiger partial charge in [0.05, 0.1) is 16.4 Å². The van der Waals surface area contributed by atoms with Crippen LogP contribution in [0.2, 0.25) is 0 Å². The zero-order valence-corrected chi connectivity index (χ0v) is 28.6. The maximum atomic E-state index is 13.8. The molecule has 0 aromatic heterocycles. The fourth-order valence-electron chi connectivity index (χ4n) is 7.76. The van der Waals surface area contributed by atoms with Gasteiger partial charge in [0.2, 0.25) is 5.69 Å². The summed E-state index contributed by atoms with van der Waals surface area (Å²) in [5.41, 5.74) is 5.67. The molecule has 2 aliphatic heterocycles. The van der Waals surface area contributed by atoms with E-state index in [4.69, 9.17) is 0 Å². The monoisotopic (exact) mass is 630 g/mol. The summed E-state index contributed by atoms with van der Waals surface area (Å²) in [6.45, 7) is 14.2. The summed E-state index contributed by atoms with van der Waals surface area (Å²) < 4.78 is 2.25. The van der Waals surface area contributed by atoms with E-state index < -0.39 is 11.4 Å². The van der Waals surface area contributed by atoms with Crippen LogP contribution in [0, 0.1) is 0 Å². The largest absolute Gasteiger partial charge is 0.871 e. The summed E-state index contributed by atoms with van der Waals surface area (Å²) in [7, 11) is 0. The second-order valence-corrected chi connectivity index (χ2v) is 14.2. The van der Waals surface area contributed by atoms with E-state index in [1.54, 1.807) is 18.2 Å². The number of hydrogen-bond acceptors (Lipinski definition) is 4. The van der Waals surface area contributed by atoms with Gasteiger partial charge in [-0.1, -0.05) is 89.0 Å². The van der Waals surface area contributed by atoms with Gasteiger partial charge in [0.15, 0.2) is 11.5 Å². The number of carboxylic acids is 1. The van der Waals surface area contributed by atoms with E-state index in [0.717, 1.165) is 58.5 Å². The predicted octanol–water partition coefficient (Wildman–Crippen LogP) is 8.10. The van der Waals surface area contributed by atoms with Crippen molar-refractivity contribution in [2.75, 3.05) is 18.0 Å². The Morgan fingerprint density at radius 3 is 2.32 bits per heavy atom. The quantitative estimate of drug-likeness (QED) is 0.132. The lowest BCUT2D eigenvalue weighted by Crippen LogP contribution is -2.35. The van der Waals surface area contributed by atoms with Crippen molar-refractivity contribution >= 4 is 39.6 Å². The van der Waals surface area contributed by atoms with Crippen molar-refractivity contribution < 1.29 is 24.4 Å². The van der Waals surface area contributed by atoms with Crippen molar-refractivity contribution in [3.8, 4) is 0 Å². The Bertz CT molecular complexity index is 1920. The Morgan fingerprint density at radius 2 is 1.62 bits per heavy atom.